The Morgan fingerprint density at radius 2 is 2.00 bits per heavy atom. The Morgan fingerprint density at radius 3 is 2.69 bits per heavy atom. The lowest BCUT2D eigenvalue weighted by molar-refractivity contribution is -0.380. The standard InChI is InChI=1S/C20H16N4O3S2/c1-12-5-6-15-18(13(12)2)22-20(29-15)23(11-14-4-3-9-21-10-14)19(25)16-7-8-17(28-16)24(26)27/h3-10H,11H2,1-2H3. The summed E-state index contributed by atoms with van der Waals surface area (Å²) in [4.78, 5) is 34.5. The normalized spacial score (nSPS) is 11.0. The molecule has 3 heterocycles. The molecule has 1 aromatic carbocycles. The van der Waals surface area contributed by atoms with Gasteiger partial charge in [0, 0.05) is 18.5 Å². The number of benzene rings is 1. The van der Waals surface area contributed by atoms with E-state index in [0.29, 0.717) is 10.0 Å². The Kier molecular flexibility index (Phi) is 5.08. The van der Waals surface area contributed by atoms with Gasteiger partial charge in [0.2, 0.25) is 0 Å². The van der Waals surface area contributed by atoms with Gasteiger partial charge in [0.05, 0.1) is 26.6 Å². The van der Waals surface area contributed by atoms with E-state index in [2.05, 4.69) is 4.98 Å². The van der Waals surface area contributed by atoms with Gasteiger partial charge in [0.15, 0.2) is 5.13 Å². The molecule has 0 saturated carbocycles. The monoisotopic (exact) mass is 424 g/mol. The van der Waals surface area contributed by atoms with Gasteiger partial charge in [0.25, 0.3) is 5.91 Å². The van der Waals surface area contributed by atoms with Crippen LogP contribution in [0.4, 0.5) is 10.1 Å². The van der Waals surface area contributed by atoms with Crippen molar-refractivity contribution >= 4 is 48.9 Å². The predicted molar refractivity (Wildman–Crippen MR) is 115 cm³/mol. The number of nitro groups is 1. The molecular formula is C20H16N4O3S2. The highest BCUT2D eigenvalue weighted by atomic mass is 32.1. The van der Waals surface area contributed by atoms with E-state index in [1.807, 2.05) is 32.0 Å². The quantitative estimate of drug-likeness (QED) is 0.327. The molecule has 0 aliphatic rings. The summed E-state index contributed by atoms with van der Waals surface area (Å²) in [5, 5.41) is 11.5. The second kappa shape index (κ2) is 7.69. The van der Waals surface area contributed by atoms with Gasteiger partial charge in [-0.05, 0) is 48.7 Å². The number of aryl methyl sites for hydroxylation is 2. The fourth-order valence-corrected chi connectivity index (χ4v) is 4.70. The van der Waals surface area contributed by atoms with Crippen molar-refractivity contribution < 1.29 is 9.72 Å². The van der Waals surface area contributed by atoms with E-state index in [9.17, 15) is 14.9 Å². The average Bonchev–Trinajstić information content (AvgIpc) is 3.37. The van der Waals surface area contributed by atoms with Crippen molar-refractivity contribution in [1.82, 2.24) is 9.97 Å². The van der Waals surface area contributed by atoms with E-state index in [4.69, 9.17) is 4.98 Å². The Labute approximate surface area is 174 Å². The molecule has 0 unspecified atom stereocenters. The van der Waals surface area contributed by atoms with Gasteiger partial charge >= 0.3 is 5.00 Å². The molecule has 0 radical (unpaired) electrons. The van der Waals surface area contributed by atoms with Crippen molar-refractivity contribution in [2.75, 3.05) is 4.90 Å². The molecule has 0 atom stereocenters. The number of rotatable bonds is 5. The van der Waals surface area contributed by atoms with Gasteiger partial charge in [-0.15, -0.1) is 0 Å². The van der Waals surface area contributed by atoms with Gasteiger partial charge in [-0.25, -0.2) is 4.98 Å². The van der Waals surface area contributed by atoms with Gasteiger partial charge in [0.1, 0.15) is 0 Å². The fraction of sp³-hybridized carbons (Fsp3) is 0.150. The zero-order chi connectivity index (χ0) is 20.5. The summed E-state index contributed by atoms with van der Waals surface area (Å²) in [6.45, 7) is 4.31. The van der Waals surface area contributed by atoms with E-state index in [1.165, 1.54) is 23.5 Å². The molecule has 3 aromatic heterocycles. The lowest BCUT2D eigenvalue weighted by Gasteiger charge is -2.19. The molecule has 1 amide bonds. The van der Waals surface area contributed by atoms with E-state index < -0.39 is 4.92 Å². The number of thiazole rings is 1. The van der Waals surface area contributed by atoms with Gasteiger partial charge in [-0.2, -0.15) is 0 Å². The van der Waals surface area contributed by atoms with Crippen LogP contribution in [0.2, 0.25) is 0 Å². The van der Waals surface area contributed by atoms with Crippen LogP contribution in [0.3, 0.4) is 0 Å². The minimum absolute atomic E-state index is 0.0644. The number of hydrogen-bond donors (Lipinski definition) is 0. The molecule has 0 aliphatic heterocycles. The summed E-state index contributed by atoms with van der Waals surface area (Å²) in [6, 6.07) is 10.6. The Bertz CT molecular complexity index is 1220. The Hall–Kier alpha value is -3.17. The second-order valence-corrected chi connectivity index (χ2v) is 8.57. The van der Waals surface area contributed by atoms with E-state index >= 15 is 0 Å². The van der Waals surface area contributed by atoms with Crippen LogP contribution >= 0.6 is 22.7 Å². The van der Waals surface area contributed by atoms with Crippen molar-refractivity contribution in [3.05, 3.63) is 80.5 Å². The molecule has 29 heavy (non-hydrogen) atoms. The predicted octanol–water partition coefficient (Wildman–Crippen LogP) is 5.12. The molecule has 146 valence electrons. The lowest BCUT2D eigenvalue weighted by atomic mass is 10.1. The number of pyridine rings is 1. The molecule has 0 fully saturated rings. The zero-order valence-corrected chi connectivity index (χ0v) is 17.3. The largest absolute Gasteiger partial charge is 0.324 e. The van der Waals surface area contributed by atoms with Crippen molar-refractivity contribution in [2.45, 2.75) is 20.4 Å². The fourth-order valence-electron chi connectivity index (χ4n) is 2.90. The Morgan fingerprint density at radius 1 is 1.17 bits per heavy atom. The van der Waals surface area contributed by atoms with Crippen LogP contribution in [-0.2, 0) is 6.54 Å². The number of thiophene rings is 1. The summed E-state index contributed by atoms with van der Waals surface area (Å²) < 4.78 is 0.990. The zero-order valence-electron chi connectivity index (χ0n) is 15.7. The van der Waals surface area contributed by atoms with Crippen LogP contribution in [0, 0.1) is 24.0 Å². The Balaban J connectivity index is 1.78. The maximum absolute atomic E-state index is 13.3. The molecule has 9 heteroatoms. The van der Waals surface area contributed by atoms with E-state index in [1.54, 1.807) is 23.4 Å². The average molecular weight is 425 g/mol. The van der Waals surface area contributed by atoms with Crippen molar-refractivity contribution in [1.29, 1.82) is 0 Å². The molecule has 4 rings (SSSR count). The lowest BCUT2D eigenvalue weighted by Crippen LogP contribution is -2.29. The van der Waals surface area contributed by atoms with Crippen molar-refractivity contribution in [2.24, 2.45) is 0 Å². The van der Waals surface area contributed by atoms with Crippen molar-refractivity contribution in [3.63, 3.8) is 0 Å². The minimum Gasteiger partial charge on any atom is -0.279 e. The van der Waals surface area contributed by atoms with Crippen LogP contribution in [0.25, 0.3) is 10.2 Å². The highest BCUT2D eigenvalue weighted by Gasteiger charge is 2.25. The number of fused-ring (bicyclic) bond motifs is 1. The van der Waals surface area contributed by atoms with Crippen LogP contribution in [-0.4, -0.2) is 20.8 Å². The molecule has 0 N–H and O–H groups in total. The summed E-state index contributed by atoms with van der Waals surface area (Å²) in [7, 11) is 0. The van der Waals surface area contributed by atoms with Crippen LogP contribution in [0.15, 0.2) is 48.8 Å². The summed E-state index contributed by atoms with van der Waals surface area (Å²) in [5.41, 5.74) is 3.92. The second-order valence-electron chi connectivity index (χ2n) is 6.50. The molecular weight excluding hydrogens is 408 g/mol. The summed E-state index contributed by atoms with van der Waals surface area (Å²) in [6.07, 6.45) is 3.36. The number of carbonyl (C=O) groups excluding carboxylic acids is 1. The van der Waals surface area contributed by atoms with E-state index in [0.717, 1.165) is 38.2 Å². The number of nitrogens with zero attached hydrogens (tertiary/aromatic N) is 4. The summed E-state index contributed by atoms with van der Waals surface area (Å²) >= 11 is 2.29. The van der Waals surface area contributed by atoms with Crippen LogP contribution in [0.1, 0.15) is 26.4 Å². The number of carbonyl (C=O) groups is 1. The SMILES string of the molecule is Cc1ccc2sc(N(Cc3cccnc3)C(=O)c3ccc([N+](=O)[O-])s3)nc2c1C. The first-order valence-electron chi connectivity index (χ1n) is 8.76. The maximum atomic E-state index is 13.3. The smallest absolute Gasteiger partial charge is 0.279 e. The third kappa shape index (κ3) is 3.74. The maximum Gasteiger partial charge on any atom is 0.324 e. The summed E-state index contributed by atoms with van der Waals surface area (Å²) in [5.74, 6) is -0.319. The topological polar surface area (TPSA) is 89.2 Å². The van der Waals surface area contributed by atoms with E-state index in [-0.39, 0.29) is 17.5 Å². The van der Waals surface area contributed by atoms with Crippen molar-refractivity contribution in [3.8, 4) is 0 Å². The van der Waals surface area contributed by atoms with Gasteiger partial charge in [-0.3, -0.25) is 24.8 Å². The first-order chi connectivity index (χ1) is 13.9. The number of aromatic nitrogens is 2. The molecule has 0 bridgehead atoms. The highest BCUT2D eigenvalue weighted by molar-refractivity contribution is 7.22. The third-order valence-corrected chi connectivity index (χ3v) is 6.66. The number of amides is 1. The first-order valence-corrected chi connectivity index (χ1v) is 10.4. The molecule has 0 aliphatic carbocycles. The molecule has 4 aromatic rings. The first kappa shape index (κ1) is 19.2. The third-order valence-electron chi connectivity index (χ3n) is 4.60. The molecule has 7 nitrogen and oxygen atoms in total. The molecule has 0 spiro atoms. The minimum atomic E-state index is -0.489. The van der Waals surface area contributed by atoms with Gasteiger partial charge < -0.3 is 0 Å². The molecule has 0 saturated heterocycles. The highest BCUT2D eigenvalue weighted by Crippen LogP contribution is 2.34. The van der Waals surface area contributed by atoms with Crippen LogP contribution < -0.4 is 4.90 Å². The van der Waals surface area contributed by atoms with Gasteiger partial charge in [-0.1, -0.05) is 34.8 Å². The number of hydrogen-bond acceptors (Lipinski definition) is 7. The number of anilines is 1. The van der Waals surface area contributed by atoms with Crippen LogP contribution in [0.5, 0.6) is 0 Å².